The Morgan fingerprint density at radius 3 is 0.941 bits per heavy atom. The molecule has 4 aliphatic rings. The summed E-state index contributed by atoms with van der Waals surface area (Å²) in [6, 6.07) is -0.0508. The van der Waals surface area contributed by atoms with Crippen molar-refractivity contribution < 1.29 is 28.5 Å². The first-order valence-corrected chi connectivity index (χ1v) is 13.3. The molecule has 0 radical (unpaired) electrons. The fourth-order valence-electron chi connectivity index (χ4n) is 5.02. The van der Waals surface area contributed by atoms with E-state index in [1.165, 1.54) is 0 Å². The van der Waals surface area contributed by atoms with Gasteiger partial charge in [0, 0.05) is 26.2 Å². The molecular weight excluding hydrogens is 440 g/mol. The maximum absolute atomic E-state index is 13.0. The lowest BCUT2D eigenvalue weighted by atomic mass is 10.3. The number of hydrogen-bond acceptors (Lipinski definition) is 6. The molecule has 0 aromatic rings. The van der Waals surface area contributed by atoms with Crippen LogP contribution in [-0.2, 0) is 18.9 Å². The molecule has 0 N–H and O–H groups in total. The number of hydrogen-bond donors (Lipinski definition) is 0. The van der Waals surface area contributed by atoms with Crippen molar-refractivity contribution in [3.63, 3.8) is 0 Å². The summed E-state index contributed by atoms with van der Waals surface area (Å²) >= 11 is 0. The maximum Gasteiger partial charge on any atom is 0.324 e. The lowest BCUT2D eigenvalue weighted by Crippen LogP contribution is -2.43. The highest BCUT2D eigenvalue weighted by molar-refractivity contribution is 5.78. The van der Waals surface area contributed by atoms with E-state index in [2.05, 4.69) is 27.7 Å². The molecule has 4 rings (SSSR count). The van der Waals surface area contributed by atoms with E-state index >= 15 is 0 Å². The summed E-state index contributed by atoms with van der Waals surface area (Å²) in [6.07, 6.45) is 4.23. The SMILES string of the molecule is CCCCN1C(=O)N(CCCC)[C@H]2OC(C3O[C@H]4[C@H](O3)N(CCCC)C(=O)N4CCCC)O[C@H]21. The van der Waals surface area contributed by atoms with E-state index in [0.717, 1.165) is 51.4 Å². The molecule has 4 heterocycles. The zero-order valence-electron chi connectivity index (χ0n) is 21.2. The second kappa shape index (κ2) is 11.4. The van der Waals surface area contributed by atoms with Crippen LogP contribution < -0.4 is 0 Å². The Kier molecular flexibility index (Phi) is 8.55. The molecule has 4 amide bonds. The minimum atomic E-state index is -0.752. The topological polar surface area (TPSA) is 84.0 Å². The highest BCUT2D eigenvalue weighted by Gasteiger charge is 2.60. The largest absolute Gasteiger partial charge is 0.324 e. The molecule has 4 aliphatic heterocycles. The molecule has 34 heavy (non-hydrogen) atoms. The zero-order valence-corrected chi connectivity index (χ0v) is 21.2. The number of rotatable bonds is 13. The summed E-state index contributed by atoms with van der Waals surface area (Å²) in [5.74, 6) is 0. The second-order valence-corrected chi connectivity index (χ2v) is 9.60. The summed E-state index contributed by atoms with van der Waals surface area (Å²) in [7, 11) is 0. The van der Waals surface area contributed by atoms with Crippen molar-refractivity contribution in [2.75, 3.05) is 26.2 Å². The predicted octanol–water partition coefficient (Wildman–Crippen LogP) is 3.71. The summed E-state index contributed by atoms with van der Waals surface area (Å²) in [6.45, 7) is 11.0. The molecular formula is C24H42N4O6. The predicted molar refractivity (Wildman–Crippen MR) is 124 cm³/mol. The van der Waals surface area contributed by atoms with E-state index in [0.29, 0.717) is 26.2 Å². The number of carbonyl (C=O) groups excluding carboxylic acids is 2. The summed E-state index contributed by atoms with van der Waals surface area (Å²) in [4.78, 5) is 33.2. The molecule has 4 saturated heterocycles. The maximum atomic E-state index is 13.0. The second-order valence-electron chi connectivity index (χ2n) is 9.60. The average Bonchev–Trinajstić information content (AvgIpc) is 3.55. The van der Waals surface area contributed by atoms with Crippen LogP contribution in [0.15, 0.2) is 0 Å². The van der Waals surface area contributed by atoms with Crippen LogP contribution in [0, 0.1) is 0 Å². The van der Waals surface area contributed by atoms with Gasteiger partial charge in [0.25, 0.3) is 0 Å². The van der Waals surface area contributed by atoms with Gasteiger partial charge in [0.2, 0.25) is 12.6 Å². The Labute approximate surface area is 203 Å². The minimum absolute atomic E-state index is 0.0254. The summed E-state index contributed by atoms with van der Waals surface area (Å²) in [5, 5.41) is 0. The van der Waals surface area contributed by atoms with Crippen LogP contribution in [0.4, 0.5) is 9.59 Å². The van der Waals surface area contributed by atoms with Crippen molar-refractivity contribution in [2.24, 2.45) is 0 Å². The monoisotopic (exact) mass is 482 g/mol. The van der Waals surface area contributed by atoms with Crippen molar-refractivity contribution in [2.45, 2.75) is 117 Å². The van der Waals surface area contributed by atoms with Crippen LogP contribution in [0.2, 0.25) is 0 Å². The number of fused-ring (bicyclic) bond motifs is 2. The first kappa shape index (κ1) is 25.5. The van der Waals surface area contributed by atoms with Gasteiger partial charge >= 0.3 is 12.1 Å². The van der Waals surface area contributed by atoms with Crippen LogP contribution in [0.3, 0.4) is 0 Å². The highest BCUT2D eigenvalue weighted by atomic mass is 16.8. The average molecular weight is 483 g/mol. The van der Waals surface area contributed by atoms with Gasteiger partial charge in [-0.3, -0.25) is 19.6 Å². The Bertz CT molecular complexity index is 601. The number of unbranched alkanes of at least 4 members (excludes halogenated alkanes) is 4. The van der Waals surface area contributed by atoms with E-state index < -0.39 is 37.5 Å². The molecule has 10 nitrogen and oxygen atoms in total. The fraction of sp³-hybridized carbons (Fsp3) is 0.917. The first-order chi connectivity index (χ1) is 16.5. The van der Waals surface area contributed by atoms with Gasteiger partial charge in [-0.1, -0.05) is 53.4 Å². The third kappa shape index (κ3) is 4.74. The highest BCUT2D eigenvalue weighted by Crippen LogP contribution is 2.40. The number of nitrogens with zero attached hydrogens (tertiary/aromatic N) is 4. The molecule has 10 heteroatoms. The number of carbonyl (C=O) groups is 2. The number of ether oxygens (including phenoxy) is 4. The fourth-order valence-corrected chi connectivity index (χ4v) is 5.02. The Hall–Kier alpha value is -1.62. The van der Waals surface area contributed by atoms with Gasteiger partial charge in [0.15, 0.2) is 24.9 Å². The van der Waals surface area contributed by atoms with E-state index in [1.54, 1.807) is 19.6 Å². The lowest BCUT2D eigenvalue weighted by molar-refractivity contribution is -0.242. The van der Waals surface area contributed by atoms with Crippen molar-refractivity contribution in [1.29, 1.82) is 0 Å². The molecule has 0 aromatic carbocycles. The standard InChI is InChI=1S/C24H42N4O6/c1-5-9-13-25-17-18(26(23(25)29)14-10-6-2)32-21(31-17)22-33-19-20(34-22)28(16-12-8-4)24(30)27(19)15-11-7-3/h17-22H,5-16H2,1-4H3/t17-,18-,19-,20+,22?/m0/s1. The van der Waals surface area contributed by atoms with Crippen LogP contribution in [0.5, 0.6) is 0 Å². The number of amides is 4. The van der Waals surface area contributed by atoms with Gasteiger partial charge in [0.1, 0.15) is 0 Å². The van der Waals surface area contributed by atoms with Crippen LogP contribution >= 0.6 is 0 Å². The minimum Gasteiger partial charge on any atom is -0.319 e. The van der Waals surface area contributed by atoms with Gasteiger partial charge < -0.3 is 18.9 Å². The van der Waals surface area contributed by atoms with Gasteiger partial charge in [-0.15, -0.1) is 0 Å². The van der Waals surface area contributed by atoms with Crippen molar-refractivity contribution in [3.05, 3.63) is 0 Å². The molecule has 1 unspecified atom stereocenters. The van der Waals surface area contributed by atoms with Crippen molar-refractivity contribution in [3.8, 4) is 0 Å². The Morgan fingerprint density at radius 2 is 0.735 bits per heavy atom. The third-order valence-corrected chi connectivity index (χ3v) is 7.03. The van der Waals surface area contributed by atoms with E-state index in [1.807, 2.05) is 0 Å². The molecule has 5 atom stereocenters. The quantitative estimate of drug-likeness (QED) is 0.398. The van der Waals surface area contributed by atoms with Gasteiger partial charge in [-0.2, -0.15) is 0 Å². The molecule has 194 valence electrons. The van der Waals surface area contributed by atoms with E-state index in [9.17, 15) is 9.59 Å². The molecule has 0 aliphatic carbocycles. The van der Waals surface area contributed by atoms with Gasteiger partial charge in [-0.25, -0.2) is 9.59 Å². The van der Waals surface area contributed by atoms with Crippen molar-refractivity contribution >= 4 is 12.1 Å². The molecule has 0 saturated carbocycles. The normalized spacial score (nSPS) is 31.4. The summed E-state index contributed by atoms with van der Waals surface area (Å²) < 4.78 is 25.0. The Morgan fingerprint density at radius 1 is 0.500 bits per heavy atom. The Balaban J connectivity index is 1.46. The lowest BCUT2D eigenvalue weighted by Gasteiger charge is -2.28. The smallest absolute Gasteiger partial charge is 0.319 e. The van der Waals surface area contributed by atoms with Gasteiger partial charge in [-0.05, 0) is 25.7 Å². The van der Waals surface area contributed by atoms with Crippen LogP contribution in [-0.4, -0.2) is 95.3 Å². The van der Waals surface area contributed by atoms with E-state index in [4.69, 9.17) is 18.9 Å². The molecule has 0 spiro atoms. The first-order valence-electron chi connectivity index (χ1n) is 13.3. The van der Waals surface area contributed by atoms with Crippen LogP contribution in [0.1, 0.15) is 79.1 Å². The van der Waals surface area contributed by atoms with Crippen molar-refractivity contribution in [1.82, 2.24) is 19.6 Å². The zero-order chi connectivity index (χ0) is 24.2. The molecule has 0 bridgehead atoms. The third-order valence-electron chi connectivity index (χ3n) is 7.03. The molecule has 0 aromatic heterocycles. The van der Waals surface area contributed by atoms with Gasteiger partial charge in [0.05, 0.1) is 0 Å². The molecule has 4 fully saturated rings. The summed E-state index contributed by atoms with van der Waals surface area (Å²) in [5.41, 5.74) is 0. The van der Waals surface area contributed by atoms with Crippen LogP contribution in [0.25, 0.3) is 0 Å². The van der Waals surface area contributed by atoms with E-state index in [-0.39, 0.29) is 12.1 Å². The number of urea groups is 2.